The molecule has 0 aliphatic carbocycles. The monoisotopic (exact) mass is 329 g/mol. The minimum atomic E-state index is -1.04. The van der Waals surface area contributed by atoms with Gasteiger partial charge in [0.25, 0.3) is 0 Å². The molecule has 1 unspecified atom stereocenters. The lowest BCUT2D eigenvalue weighted by molar-refractivity contribution is 0.0701. The summed E-state index contributed by atoms with van der Waals surface area (Å²) in [5, 5.41) is 12.7. The van der Waals surface area contributed by atoms with Crippen molar-refractivity contribution in [1.82, 2.24) is 5.32 Å². The third-order valence-corrected chi connectivity index (χ3v) is 5.09. The first kappa shape index (κ1) is 16.1. The summed E-state index contributed by atoms with van der Waals surface area (Å²) in [6.07, 6.45) is 2.38. The van der Waals surface area contributed by atoms with Crippen molar-refractivity contribution in [1.29, 1.82) is 0 Å². The van der Waals surface area contributed by atoms with Crippen molar-refractivity contribution >= 4 is 38.2 Å². The third-order valence-electron chi connectivity index (χ3n) is 3.04. The standard InChI is InChI=1S/C14H16FNO3S2/c1-21(19)7-3-6-16-8-9-12-10(15)4-2-5-11(12)20-13(9)14(17)18/h2,4-5,16H,3,6-8H2,1H3,(H,17,18). The Morgan fingerprint density at radius 1 is 1.48 bits per heavy atom. The van der Waals surface area contributed by atoms with E-state index >= 15 is 0 Å². The van der Waals surface area contributed by atoms with Gasteiger partial charge in [-0.3, -0.25) is 4.21 Å². The van der Waals surface area contributed by atoms with Crippen LogP contribution in [0.4, 0.5) is 4.39 Å². The predicted octanol–water partition coefficient (Wildman–Crippen LogP) is 2.60. The van der Waals surface area contributed by atoms with Gasteiger partial charge in [-0.25, -0.2) is 9.18 Å². The van der Waals surface area contributed by atoms with Crippen LogP contribution in [0, 0.1) is 5.82 Å². The van der Waals surface area contributed by atoms with Crippen molar-refractivity contribution in [3.63, 3.8) is 0 Å². The molecule has 1 aromatic heterocycles. The number of halogens is 1. The molecular formula is C14H16FNO3S2. The number of aromatic carboxylic acids is 1. The van der Waals surface area contributed by atoms with Crippen LogP contribution in [0.1, 0.15) is 21.7 Å². The first-order valence-electron chi connectivity index (χ1n) is 6.44. The molecule has 1 atom stereocenters. The Labute approximate surface area is 128 Å². The summed E-state index contributed by atoms with van der Waals surface area (Å²) >= 11 is 1.09. The van der Waals surface area contributed by atoms with Crippen molar-refractivity contribution in [3.8, 4) is 0 Å². The maximum Gasteiger partial charge on any atom is 0.346 e. The largest absolute Gasteiger partial charge is 0.477 e. The van der Waals surface area contributed by atoms with Crippen LogP contribution >= 0.6 is 11.3 Å². The molecule has 2 aromatic rings. The lowest BCUT2D eigenvalue weighted by Gasteiger charge is -2.05. The lowest BCUT2D eigenvalue weighted by atomic mass is 10.1. The fourth-order valence-corrected chi connectivity index (χ4v) is 3.75. The van der Waals surface area contributed by atoms with E-state index < -0.39 is 22.6 Å². The summed E-state index contributed by atoms with van der Waals surface area (Å²) < 4.78 is 25.5. The average Bonchev–Trinajstić information content (AvgIpc) is 2.78. The van der Waals surface area contributed by atoms with Gasteiger partial charge in [0.1, 0.15) is 10.7 Å². The van der Waals surface area contributed by atoms with Crippen LogP contribution < -0.4 is 5.32 Å². The molecule has 21 heavy (non-hydrogen) atoms. The molecule has 2 rings (SSSR count). The summed E-state index contributed by atoms with van der Waals surface area (Å²) in [6, 6.07) is 4.64. The first-order valence-corrected chi connectivity index (χ1v) is 8.99. The molecule has 0 saturated carbocycles. The van der Waals surface area contributed by atoms with Gasteiger partial charge in [0.2, 0.25) is 0 Å². The second-order valence-electron chi connectivity index (χ2n) is 4.64. The van der Waals surface area contributed by atoms with Gasteiger partial charge in [0.15, 0.2) is 0 Å². The molecule has 0 fully saturated rings. The van der Waals surface area contributed by atoms with Gasteiger partial charge < -0.3 is 10.4 Å². The minimum absolute atomic E-state index is 0.168. The SMILES string of the molecule is CS(=O)CCCNCc1c(C(=O)O)sc2cccc(F)c12. The van der Waals surface area contributed by atoms with Gasteiger partial charge in [0, 0.05) is 45.0 Å². The zero-order chi connectivity index (χ0) is 15.4. The number of carboxylic acid groups (broad SMARTS) is 1. The summed E-state index contributed by atoms with van der Waals surface area (Å²) in [6.45, 7) is 0.906. The van der Waals surface area contributed by atoms with Gasteiger partial charge in [-0.15, -0.1) is 11.3 Å². The van der Waals surface area contributed by atoms with E-state index in [4.69, 9.17) is 0 Å². The van der Waals surface area contributed by atoms with Crippen molar-refractivity contribution in [3.05, 3.63) is 34.5 Å². The molecule has 1 aromatic carbocycles. The molecule has 2 N–H and O–H groups in total. The van der Waals surface area contributed by atoms with E-state index in [1.165, 1.54) is 6.07 Å². The fraction of sp³-hybridized carbons (Fsp3) is 0.357. The quantitative estimate of drug-likeness (QED) is 0.766. The lowest BCUT2D eigenvalue weighted by Crippen LogP contribution is -2.18. The number of benzene rings is 1. The van der Waals surface area contributed by atoms with E-state index in [0.29, 0.717) is 34.5 Å². The van der Waals surface area contributed by atoms with Crippen LogP contribution in [0.3, 0.4) is 0 Å². The zero-order valence-corrected chi connectivity index (χ0v) is 13.2. The molecule has 1 heterocycles. The highest BCUT2D eigenvalue weighted by atomic mass is 32.2. The second kappa shape index (κ2) is 7.11. The number of fused-ring (bicyclic) bond motifs is 1. The molecule has 0 saturated heterocycles. The van der Waals surface area contributed by atoms with E-state index in [0.717, 1.165) is 17.8 Å². The maximum absolute atomic E-state index is 14.0. The predicted molar refractivity (Wildman–Crippen MR) is 84.0 cm³/mol. The topological polar surface area (TPSA) is 66.4 Å². The highest BCUT2D eigenvalue weighted by Gasteiger charge is 2.19. The summed E-state index contributed by atoms with van der Waals surface area (Å²) in [4.78, 5) is 11.5. The Hall–Kier alpha value is -1.31. The third kappa shape index (κ3) is 3.87. The van der Waals surface area contributed by atoms with Crippen LogP contribution in [0.15, 0.2) is 18.2 Å². The van der Waals surface area contributed by atoms with Gasteiger partial charge in [-0.1, -0.05) is 6.07 Å². The van der Waals surface area contributed by atoms with E-state index in [-0.39, 0.29) is 4.88 Å². The molecule has 0 aliphatic heterocycles. The van der Waals surface area contributed by atoms with E-state index in [2.05, 4.69) is 5.32 Å². The van der Waals surface area contributed by atoms with Crippen molar-refractivity contribution in [2.45, 2.75) is 13.0 Å². The number of thiophene rings is 1. The molecular weight excluding hydrogens is 313 g/mol. The molecule has 0 radical (unpaired) electrons. The van der Waals surface area contributed by atoms with Gasteiger partial charge >= 0.3 is 5.97 Å². The number of nitrogens with one attached hydrogen (secondary N) is 1. The Bertz CT molecular complexity index is 684. The Kier molecular flexibility index (Phi) is 5.44. The zero-order valence-electron chi connectivity index (χ0n) is 11.5. The summed E-state index contributed by atoms with van der Waals surface area (Å²) in [7, 11) is -0.835. The molecule has 7 heteroatoms. The van der Waals surface area contributed by atoms with Crippen LogP contribution in [0.5, 0.6) is 0 Å². The maximum atomic E-state index is 14.0. The molecule has 0 aliphatic rings. The molecule has 0 spiro atoms. The van der Waals surface area contributed by atoms with Gasteiger partial charge in [0.05, 0.1) is 0 Å². The highest BCUT2D eigenvalue weighted by molar-refractivity contribution is 7.84. The van der Waals surface area contributed by atoms with Crippen molar-refractivity contribution in [2.75, 3.05) is 18.6 Å². The smallest absolute Gasteiger partial charge is 0.346 e. The fourth-order valence-electron chi connectivity index (χ4n) is 2.12. The first-order chi connectivity index (χ1) is 10.0. The van der Waals surface area contributed by atoms with Crippen LogP contribution in [-0.4, -0.2) is 33.8 Å². The molecule has 114 valence electrons. The van der Waals surface area contributed by atoms with Crippen molar-refractivity contribution in [2.24, 2.45) is 0 Å². The number of hydrogen-bond acceptors (Lipinski definition) is 4. The Balaban J connectivity index is 2.18. The summed E-state index contributed by atoms with van der Waals surface area (Å²) in [5.74, 6) is -0.845. The number of rotatable bonds is 7. The van der Waals surface area contributed by atoms with E-state index in [9.17, 15) is 18.5 Å². The van der Waals surface area contributed by atoms with Gasteiger partial charge in [-0.2, -0.15) is 0 Å². The molecule has 0 bridgehead atoms. The number of hydrogen-bond donors (Lipinski definition) is 2. The van der Waals surface area contributed by atoms with Crippen LogP contribution in [0.25, 0.3) is 10.1 Å². The number of carboxylic acids is 1. The summed E-state index contributed by atoms with van der Waals surface area (Å²) in [5.41, 5.74) is 0.484. The molecule has 4 nitrogen and oxygen atoms in total. The van der Waals surface area contributed by atoms with Crippen LogP contribution in [-0.2, 0) is 17.3 Å². The number of carbonyl (C=O) groups is 1. The average molecular weight is 329 g/mol. The highest BCUT2D eigenvalue weighted by Crippen LogP contribution is 2.33. The minimum Gasteiger partial charge on any atom is -0.477 e. The van der Waals surface area contributed by atoms with Crippen molar-refractivity contribution < 1.29 is 18.5 Å². The van der Waals surface area contributed by atoms with E-state index in [1.54, 1.807) is 18.4 Å². The van der Waals surface area contributed by atoms with Crippen LogP contribution in [0.2, 0.25) is 0 Å². The molecule has 0 amide bonds. The second-order valence-corrected chi connectivity index (χ2v) is 7.24. The van der Waals surface area contributed by atoms with Gasteiger partial charge in [-0.05, 0) is 25.1 Å². The normalized spacial score (nSPS) is 12.7. The Morgan fingerprint density at radius 2 is 2.24 bits per heavy atom. The van der Waals surface area contributed by atoms with E-state index in [1.807, 2.05) is 0 Å². The Morgan fingerprint density at radius 3 is 2.90 bits per heavy atom.